The number of hydrogen-bond acceptors (Lipinski definition) is 5. The van der Waals surface area contributed by atoms with Crippen LogP contribution in [0.5, 0.6) is 5.75 Å². The summed E-state index contributed by atoms with van der Waals surface area (Å²) in [5.74, 6) is 0.725. The standard InChI is InChI=1S/C21H25N5O3/c1-12-13(8-14-10-22-18-16(14)9-15(29-5)11-23-18)6-7-17(24-12)25-20(28)26-19(27)21(2,3)4/h6-7,9-11H,8H2,1-5H3,(H,22,23)(H2,24,25,26,27,28). The van der Waals surface area contributed by atoms with E-state index in [0.717, 1.165) is 27.9 Å². The number of hydrogen-bond donors (Lipinski definition) is 3. The number of methoxy groups -OCH3 is 1. The van der Waals surface area contributed by atoms with Gasteiger partial charge in [0.1, 0.15) is 17.2 Å². The number of pyridine rings is 2. The number of aromatic amines is 1. The third kappa shape index (κ3) is 4.71. The van der Waals surface area contributed by atoms with Gasteiger partial charge in [-0.25, -0.2) is 14.8 Å². The van der Waals surface area contributed by atoms with E-state index in [1.54, 1.807) is 40.1 Å². The van der Waals surface area contributed by atoms with Crippen LogP contribution >= 0.6 is 0 Å². The Bertz CT molecular complexity index is 1070. The van der Waals surface area contributed by atoms with Crippen molar-refractivity contribution < 1.29 is 14.3 Å². The highest BCUT2D eigenvalue weighted by molar-refractivity contribution is 6.02. The molecule has 8 nitrogen and oxygen atoms in total. The van der Waals surface area contributed by atoms with E-state index < -0.39 is 11.4 Å². The number of anilines is 1. The summed E-state index contributed by atoms with van der Waals surface area (Å²) in [5.41, 5.74) is 3.03. The van der Waals surface area contributed by atoms with E-state index in [9.17, 15) is 9.59 Å². The van der Waals surface area contributed by atoms with E-state index in [-0.39, 0.29) is 5.91 Å². The van der Waals surface area contributed by atoms with Crippen LogP contribution in [0, 0.1) is 12.3 Å². The first-order valence-electron chi connectivity index (χ1n) is 9.26. The number of carbonyl (C=O) groups excluding carboxylic acids is 2. The largest absolute Gasteiger partial charge is 0.495 e. The lowest BCUT2D eigenvalue weighted by Gasteiger charge is -2.17. The van der Waals surface area contributed by atoms with Crippen molar-refractivity contribution in [1.29, 1.82) is 0 Å². The number of nitrogens with zero attached hydrogens (tertiary/aromatic N) is 2. The number of imide groups is 1. The topological polar surface area (TPSA) is 109 Å². The number of urea groups is 1. The lowest BCUT2D eigenvalue weighted by atomic mass is 9.96. The molecule has 152 valence electrons. The second kappa shape index (κ2) is 7.90. The molecule has 8 heteroatoms. The molecule has 0 aliphatic heterocycles. The van der Waals surface area contributed by atoms with Gasteiger partial charge in [0.25, 0.3) is 0 Å². The van der Waals surface area contributed by atoms with Gasteiger partial charge in [-0.2, -0.15) is 0 Å². The van der Waals surface area contributed by atoms with Crippen molar-refractivity contribution in [1.82, 2.24) is 20.3 Å². The van der Waals surface area contributed by atoms with Gasteiger partial charge in [0.2, 0.25) is 5.91 Å². The zero-order valence-electron chi connectivity index (χ0n) is 17.2. The number of carbonyl (C=O) groups is 2. The molecule has 0 spiro atoms. The van der Waals surface area contributed by atoms with E-state index in [2.05, 4.69) is 25.6 Å². The van der Waals surface area contributed by atoms with Crippen LogP contribution in [0.4, 0.5) is 10.6 Å². The highest BCUT2D eigenvalue weighted by Gasteiger charge is 2.23. The summed E-state index contributed by atoms with van der Waals surface area (Å²) in [6.07, 6.45) is 4.25. The Balaban J connectivity index is 1.73. The van der Waals surface area contributed by atoms with Crippen LogP contribution in [-0.2, 0) is 11.2 Å². The summed E-state index contributed by atoms with van der Waals surface area (Å²) in [6.45, 7) is 7.10. The smallest absolute Gasteiger partial charge is 0.327 e. The van der Waals surface area contributed by atoms with Gasteiger partial charge in [0.05, 0.1) is 13.3 Å². The van der Waals surface area contributed by atoms with Crippen molar-refractivity contribution in [3.63, 3.8) is 0 Å². The number of amides is 3. The average molecular weight is 395 g/mol. The maximum atomic E-state index is 12.0. The molecule has 3 amide bonds. The monoisotopic (exact) mass is 395 g/mol. The second-order valence-electron chi connectivity index (χ2n) is 7.86. The molecular weight excluding hydrogens is 370 g/mol. The summed E-state index contributed by atoms with van der Waals surface area (Å²) in [6, 6.07) is 4.98. The number of fused-ring (bicyclic) bond motifs is 1. The van der Waals surface area contributed by atoms with Gasteiger partial charge in [-0.3, -0.25) is 15.4 Å². The van der Waals surface area contributed by atoms with Gasteiger partial charge in [-0.05, 0) is 30.2 Å². The zero-order valence-corrected chi connectivity index (χ0v) is 17.2. The molecule has 3 N–H and O–H groups in total. The molecule has 0 atom stereocenters. The van der Waals surface area contributed by atoms with Gasteiger partial charge < -0.3 is 9.72 Å². The third-order valence-corrected chi connectivity index (χ3v) is 4.55. The van der Waals surface area contributed by atoms with E-state index in [1.807, 2.05) is 25.3 Å². The second-order valence-corrected chi connectivity index (χ2v) is 7.86. The highest BCUT2D eigenvalue weighted by atomic mass is 16.5. The first-order chi connectivity index (χ1) is 13.7. The van der Waals surface area contributed by atoms with Gasteiger partial charge in [0, 0.05) is 29.1 Å². The van der Waals surface area contributed by atoms with Crippen LogP contribution in [-0.4, -0.2) is 34.0 Å². The predicted octanol–water partition coefficient (Wildman–Crippen LogP) is 3.56. The van der Waals surface area contributed by atoms with E-state index in [1.165, 1.54) is 0 Å². The Morgan fingerprint density at radius 1 is 1.21 bits per heavy atom. The van der Waals surface area contributed by atoms with E-state index in [4.69, 9.17) is 4.74 Å². The van der Waals surface area contributed by atoms with Crippen molar-refractivity contribution >= 4 is 28.8 Å². The molecule has 3 rings (SSSR count). The summed E-state index contributed by atoms with van der Waals surface area (Å²) in [5, 5.41) is 5.91. The molecular formula is C21H25N5O3. The molecule has 0 fully saturated rings. The highest BCUT2D eigenvalue weighted by Crippen LogP contribution is 2.24. The fraction of sp³-hybridized carbons (Fsp3) is 0.333. The maximum Gasteiger partial charge on any atom is 0.327 e. The van der Waals surface area contributed by atoms with Crippen molar-refractivity contribution in [3.8, 4) is 5.75 Å². The average Bonchev–Trinajstić information content (AvgIpc) is 3.05. The van der Waals surface area contributed by atoms with Crippen molar-refractivity contribution in [3.05, 3.63) is 47.4 Å². The molecule has 3 heterocycles. The number of nitrogens with one attached hydrogen (secondary N) is 3. The Kier molecular flexibility index (Phi) is 5.54. The molecule has 3 aromatic heterocycles. The maximum absolute atomic E-state index is 12.0. The van der Waals surface area contributed by atoms with Gasteiger partial charge in [0.15, 0.2) is 0 Å². The Morgan fingerprint density at radius 2 is 1.97 bits per heavy atom. The minimum atomic E-state index is -0.651. The van der Waals surface area contributed by atoms with E-state index in [0.29, 0.717) is 18.0 Å². The van der Waals surface area contributed by atoms with Crippen LogP contribution in [0.1, 0.15) is 37.6 Å². The van der Waals surface area contributed by atoms with Gasteiger partial charge >= 0.3 is 6.03 Å². The van der Waals surface area contributed by atoms with Crippen LogP contribution < -0.4 is 15.4 Å². The fourth-order valence-electron chi connectivity index (χ4n) is 2.79. The fourth-order valence-corrected chi connectivity index (χ4v) is 2.79. The normalized spacial score (nSPS) is 11.3. The van der Waals surface area contributed by atoms with Crippen LogP contribution in [0.3, 0.4) is 0 Å². The molecule has 0 unspecified atom stereocenters. The molecule has 0 aromatic carbocycles. The Morgan fingerprint density at radius 3 is 2.62 bits per heavy atom. The third-order valence-electron chi connectivity index (χ3n) is 4.55. The van der Waals surface area contributed by atoms with Gasteiger partial charge in [-0.1, -0.05) is 26.8 Å². The minimum Gasteiger partial charge on any atom is -0.495 e. The summed E-state index contributed by atoms with van der Waals surface area (Å²) in [7, 11) is 1.61. The van der Waals surface area contributed by atoms with Crippen LogP contribution in [0.15, 0.2) is 30.6 Å². The quantitative estimate of drug-likeness (QED) is 0.626. The zero-order chi connectivity index (χ0) is 21.2. The molecule has 0 saturated carbocycles. The first-order valence-corrected chi connectivity index (χ1v) is 9.26. The lowest BCUT2D eigenvalue weighted by Crippen LogP contribution is -2.41. The molecule has 0 aliphatic carbocycles. The van der Waals surface area contributed by atoms with Crippen molar-refractivity contribution in [2.75, 3.05) is 12.4 Å². The molecule has 0 saturated heterocycles. The van der Waals surface area contributed by atoms with E-state index >= 15 is 0 Å². The van der Waals surface area contributed by atoms with Crippen molar-refractivity contribution in [2.24, 2.45) is 5.41 Å². The SMILES string of the molecule is COc1cnc2[nH]cc(Cc3ccc(NC(=O)NC(=O)C(C)(C)C)nc3C)c2c1. The lowest BCUT2D eigenvalue weighted by molar-refractivity contribution is -0.127. The number of aryl methyl sites for hydroxylation is 1. The number of ether oxygens (including phenoxy) is 1. The molecule has 0 bridgehead atoms. The number of rotatable bonds is 4. The first kappa shape index (κ1) is 20.3. The molecule has 0 aliphatic rings. The Labute approximate surface area is 169 Å². The molecule has 29 heavy (non-hydrogen) atoms. The summed E-state index contributed by atoms with van der Waals surface area (Å²) in [4.78, 5) is 35.9. The predicted molar refractivity (Wildman–Crippen MR) is 111 cm³/mol. The summed E-state index contributed by atoms with van der Waals surface area (Å²) < 4.78 is 5.26. The minimum absolute atomic E-state index is 0.355. The number of aromatic nitrogens is 3. The molecule has 0 radical (unpaired) electrons. The Hall–Kier alpha value is -3.42. The molecule has 3 aromatic rings. The van der Waals surface area contributed by atoms with Crippen LogP contribution in [0.2, 0.25) is 0 Å². The van der Waals surface area contributed by atoms with Crippen molar-refractivity contribution in [2.45, 2.75) is 34.1 Å². The summed E-state index contributed by atoms with van der Waals surface area (Å²) >= 11 is 0. The van der Waals surface area contributed by atoms with Crippen LogP contribution in [0.25, 0.3) is 11.0 Å². The number of H-pyrrole nitrogens is 1. The van der Waals surface area contributed by atoms with Gasteiger partial charge in [-0.15, -0.1) is 0 Å².